The third-order valence-corrected chi connectivity index (χ3v) is 4.71. The summed E-state index contributed by atoms with van der Waals surface area (Å²) in [5, 5.41) is 12.0. The van der Waals surface area contributed by atoms with Gasteiger partial charge >= 0.3 is 0 Å². The molecule has 0 unspecified atom stereocenters. The maximum Gasteiger partial charge on any atom is 0.146 e. The van der Waals surface area contributed by atoms with Gasteiger partial charge in [-0.25, -0.2) is 0 Å². The van der Waals surface area contributed by atoms with Crippen LogP contribution in [0.1, 0.15) is 42.9 Å². The second kappa shape index (κ2) is 7.70. The van der Waals surface area contributed by atoms with E-state index in [1.54, 1.807) is 0 Å². The van der Waals surface area contributed by atoms with Crippen molar-refractivity contribution in [2.45, 2.75) is 57.9 Å². The average Bonchev–Trinajstić information content (AvgIpc) is 2.91. The van der Waals surface area contributed by atoms with Crippen LogP contribution >= 0.6 is 0 Å². The maximum atomic E-state index is 6.20. The Labute approximate surface area is 138 Å². The van der Waals surface area contributed by atoms with Crippen LogP contribution in [0.4, 0.5) is 0 Å². The van der Waals surface area contributed by atoms with E-state index in [1.165, 1.54) is 18.4 Å². The lowest BCUT2D eigenvalue weighted by molar-refractivity contribution is -0.00615. The van der Waals surface area contributed by atoms with E-state index < -0.39 is 0 Å². The number of hydrogen-bond donors (Lipinski definition) is 1. The second-order valence-electron chi connectivity index (χ2n) is 6.33. The minimum atomic E-state index is 0.276. The van der Waals surface area contributed by atoms with Crippen LogP contribution < -0.4 is 5.32 Å². The molecule has 0 aliphatic heterocycles. The Balaban J connectivity index is 1.54. The molecule has 0 saturated heterocycles. The fourth-order valence-corrected chi connectivity index (χ4v) is 3.13. The molecule has 2 aromatic rings. The molecular formula is C18H26N4O. The van der Waals surface area contributed by atoms with Crippen LogP contribution in [0.3, 0.4) is 0 Å². The Bertz CT molecular complexity index is 611. The molecule has 1 heterocycles. The third-order valence-electron chi connectivity index (χ3n) is 4.71. The Hall–Kier alpha value is -1.72. The monoisotopic (exact) mass is 314 g/mol. The summed E-state index contributed by atoms with van der Waals surface area (Å²) in [6.07, 6.45) is 5.08. The molecule has 1 aliphatic rings. The van der Waals surface area contributed by atoms with E-state index in [0.717, 1.165) is 31.0 Å². The summed E-state index contributed by atoms with van der Waals surface area (Å²) in [4.78, 5) is 0. The number of nitrogens with one attached hydrogen (secondary N) is 1. The number of benzene rings is 1. The van der Waals surface area contributed by atoms with E-state index in [2.05, 4.69) is 39.8 Å². The molecule has 0 amide bonds. The average molecular weight is 314 g/mol. The van der Waals surface area contributed by atoms with E-state index >= 15 is 0 Å². The maximum absolute atomic E-state index is 6.20. The van der Waals surface area contributed by atoms with Gasteiger partial charge < -0.3 is 14.6 Å². The van der Waals surface area contributed by atoms with E-state index in [-0.39, 0.29) is 6.10 Å². The van der Waals surface area contributed by atoms with E-state index in [4.69, 9.17) is 4.74 Å². The minimum absolute atomic E-state index is 0.276. The van der Waals surface area contributed by atoms with E-state index in [0.29, 0.717) is 12.6 Å². The van der Waals surface area contributed by atoms with Gasteiger partial charge in [0.2, 0.25) is 0 Å². The molecule has 124 valence electrons. The van der Waals surface area contributed by atoms with Crippen LogP contribution in [0.15, 0.2) is 30.3 Å². The van der Waals surface area contributed by atoms with Gasteiger partial charge in [-0.3, -0.25) is 0 Å². The highest BCUT2D eigenvalue weighted by Crippen LogP contribution is 2.22. The number of rotatable bonds is 6. The Morgan fingerprint density at radius 3 is 2.70 bits per heavy atom. The summed E-state index contributed by atoms with van der Waals surface area (Å²) in [6.45, 7) is 3.41. The largest absolute Gasteiger partial charge is 0.372 e. The summed E-state index contributed by atoms with van der Waals surface area (Å²) in [5.74, 6) is 1.93. The van der Waals surface area contributed by atoms with Gasteiger partial charge in [0.1, 0.15) is 11.6 Å². The van der Waals surface area contributed by atoms with Crippen LogP contribution in [0.2, 0.25) is 0 Å². The molecule has 3 rings (SSSR count). The summed E-state index contributed by atoms with van der Waals surface area (Å²) < 4.78 is 8.24. The third kappa shape index (κ3) is 4.18. The van der Waals surface area contributed by atoms with Crippen molar-refractivity contribution < 1.29 is 4.74 Å². The standard InChI is InChI=1S/C18H26N4O/c1-14-20-21-18(22(14)2)12-19-16-10-6-7-11-17(16)23-13-15-8-4-3-5-9-15/h3-5,8-9,16-17,19H,6-7,10-13H2,1-2H3/t16-,17+/m1/s1. The highest BCUT2D eigenvalue weighted by Gasteiger charge is 2.25. The first-order chi connectivity index (χ1) is 11.2. The van der Waals surface area contributed by atoms with Gasteiger partial charge in [-0.1, -0.05) is 43.2 Å². The quantitative estimate of drug-likeness (QED) is 0.891. The molecule has 1 aromatic heterocycles. The summed E-state index contributed by atoms with van der Waals surface area (Å²) in [6, 6.07) is 10.8. The number of ether oxygens (including phenoxy) is 1. The van der Waals surface area contributed by atoms with Crippen LogP contribution in [0.5, 0.6) is 0 Å². The molecule has 5 heteroatoms. The zero-order chi connectivity index (χ0) is 16.1. The second-order valence-corrected chi connectivity index (χ2v) is 6.33. The first-order valence-electron chi connectivity index (χ1n) is 8.48. The molecule has 2 atom stereocenters. The fraction of sp³-hybridized carbons (Fsp3) is 0.556. The van der Waals surface area contributed by atoms with Crippen molar-refractivity contribution in [2.24, 2.45) is 7.05 Å². The van der Waals surface area contributed by atoms with Crippen molar-refractivity contribution in [1.82, 2.24) is 20.1 Å². The predicted molar refractivity (Wildman–Crippen MR) is 89.9 cm³/mol. The molecular weight excluding hydrogens is 288 g/mol. The van der Waals surface area contributed by atoms with Crippen LogP contribution in [0, 0.1) is 6.92 Å². The Morgan fingerprint density at radius 2 is 1.96 bits per heavy atom. The lowest BCUT2D eigenvalue weighted by Crippen LogP contribution is -2.43. The molecule has 1 N–H and O–H groups in total. The van der Waals surface area contributed by atoms with Crippen molar-refractivity contribution in [3.63, 3.8) is 0 Å². The zero-order valence-electron chi connectivity index (χ0n) is 14.0. The topological polar surface area (TPSA) is 52.0 Å². The van der Waals surface area contributed by atoms with Crippen LogP contribution in [-0.4, -0.2) is 26.9 Å². The molecule has 1 saturated carbocycles. The molecule has 23 heavy (non-hydrogen) atoms. The SMILES string of the molecule is Cc1nnc(CN[C@@H]2CCCC[C@@H]2OCc2ccccc2)n1C. The van der Waals surface area contributed by atoms with Gasteiger partial charge in [0, 0.05) is 13.1 Å². The normalized spacial score (nSPS) is 21.5. The van der Waals surface area contributed by atoms with Gasteiger partial charge in [0.25, 0.3) is 0 Å². The van der Waals surface area contributed by atoms with Crippen molar-refractivity contribution in [3.8, 4) is 0 Å². The summed E-state index contributed by atoms with van der Waals surface area (Å²) in [5.41, 5.74) is 1.24. The van der Waals surface area contributed by atoms with Crippen molar-refractivity contribution >= 4 is 0 Å². The van der Waals surface area contributed by atoms with Gasteiger partial charge in [-0.15, -0.1) is 10.2 Å². The lowest BCUT2D eigenvalue weighted by atomic mass is 9.92. The van der Waals surface area contributed by atoms with Gasteiger partial charge in [0.05, 0.1) is 19.3 Å². The Kier molecular flexibility index (Phi) is 5.41. The van der Waals surface area contributed by atoms with E-state index in [9.17, 15) is 0 Å². The highest BCUT2D eigenvalue weighted by molar-refractivity contribution is 5.13. The molecule has 0 radical (unpaired) electrons. The van der Waals surface area contributed by atoms with Gasteiger partial charge in [0.15, 0.2) is 0 Å². The van der Waals surface area contributed by atoms with Gasteiger partial charge in [-0.2, -0.15) is 0 Å². The number of aryl methyl sites for hydroxylation is 1. The smallest absolute Gasteiger partial charge is 0.146 e. The van der Waals surface area contributed by atoms with Crippen molar-refractivity contribution in [1.29, 1.82) is 0 Å². The molecule has 0 spiro atoms. The van der Waals surface area contributed by atoms with Crippen LogP contribution in [0.25, 0.3) is 0 Å². The molecule has 1 aromatic carbocycles. The number of nitrogens with zero attached hydrogens (tertiary/aromatic N) is 3. The minimum Gasteiger partial charge on any atom is -0.372 e. The highest BCUT2D eigenvalue weighted by atomic mass is 16.5. The molecule has 5 nitrogen and oxygen atoms in total. The first kappa shape index (κ1) is 16.1. The number of hydrogen-bond acceptors (Lipinski definition) is 4. The summed E-state index contributed by atoms with van der Waals surface area (Å²) in [7, 11) is 2.01. The summed E-state index contributed by atoms with van der Waals surface area (Å²) >= 11 is 0. The lowest BCUT2D eigenvalue weighted by Gasteiger charge is -2.32. The molecule has 1 fully saturated rings. The van der Waals surface area contributed by atoms with Crippen molar-refractivity contribution in [3.05, 3.63) is 47.5 Å². The predicted octanol–water partition coefficient (Wildman–Crippen LogP) is 2.74. The first-order valence-corrected chi connectivity index (χ1v) is 8.48. The molecule has 0 bridgehead atoms. The van der Waals surface area contributed by atoms with Gasteiger partial charge in [-0.05, 0) is 25.3 Å². The fourth-order valence-electron chi connectivity index (χ4n) is 3.13. The van der Waals surface area contributed by atoms with E-state index in [1.807, 2.05) is 24.6 Å². The number of aromatic nitrogens is 3. The zero-order valence-corrected chi connectivity index (χ0v) is 14.0. The van der Waals surface area contributed by atoms with Crippen LogP contribution in [-0.2, 0) is 24.9 Å². The van der Waals surface area contributed by atoms with Crippen molar-refractivity contribution in [2.75, 3.05) is 0 Å². The molecule has 1 aliphatic carbocycles. The Morgan fingerprint density at radius 1 is 1.17 bits per heavy atom.